The van der Waals surface area contributed by atoms with Gasteiger partial charge in [-0.1, -0.05) is 29.8 Å². The van der Waals surface area contributed by atoms with Gasteiger partial charge >= 0.3 is 0 Å². The highest BCUT2D eigenvalue weighted by atomic mass is 35.5. The van der Waals surface area contributed by atoms with Gasteiger partial charge in [0, 0.05) is 10.6 Å². The van der Waals surface area contributed by atoms with E-state index < -0.39 is 0 Å². The monoisotopic (exact) mass is 254 g/mol. The lowest BCUT2D eigenvalue weighted by atomic mass is 10.0. The normalized spacial score (nSPS) is 19.9. The first kappa shape index (κ1) is 12.9. The van der Waals surface area contributed by atoms with Crippen LogP contribution in [-0.2, 0) is 0 Å². The fourth-order valence-corrected chi connectivity index (χ4v) is 3.14. The van der Waals surface area contributed by atoms with E-state index >= 15 is 0 Å². The van der Waals surface area contributed by atoms with Crippen LogP contribution in [0.15, 0.2) is 24.3 Å². The van der Waals surface area contributed by atoms with Crippen LogP contribution < -0.4 is 10.6 Å². The van der Waals surface area contributed by atoms with Gasteiger partial charge in [0.1, 0.15) is 6.54 Å². The highest BCUT2D eigenvalue weighted by molar-refractivity contribution is 6.31. The molecule has 1 saturated heterocycles. The summed E-state index contributed by atoms with van der Waals surface area (Å²) in [6, 6.07) is 8.72. The van der Waals surface area contributed by atoms with Crippen molar-refractivity contribution >= 4 is 11.6 Å². The van der Waals surface area contributed by atoms with Gasteiger partial charge in [0.2, 0.25) is 0 Å². The van der Waals surface area contributed by atoms with E-state index in [0.29, 0.717) is 6.04 Å². The van der Waals surface area contributed by atoms with Gasteiger partial charge in [-0.15, -0.1) is 0 Å². The summed E-state index contributed by atoms with van der Waals surface area (Å²) in [4.78, 5) is 1.67. The Morgan fingerprint density at radius 3 is 2.35 bits per heavy atom. The zero-order valence-corrected chi connectivity index (χ0v) is 11.2. The zero-order chi connectivity index (χ0) is 12.1. The van der Waals surface area contributed by atoms with Crippen molar-refractivity contribution in [3.63, 3.8) is 0 Å². The Hall–Kier alpha value is -0.570. The van der Waals surface area contributed by atoms with Gasteiger partial charge in [0.25, 0.3) is 0 Å². The third-order valence-electron chi connectivity index (χ3n) is 3.81. The van der Waals surface area contributed by atoms with Crippen LogP contribution in [0, 0.1) is 0 Å². The molecule has 0 spiro atoms. The quantitative estimate of drug-likeness (QED) is 0.809. The Balaban J connectivity index is 2.17. The molecule has 0 saturated carbocycles. The lowest BCUT2D eigenvalue weighted by molar-refractivity contribution is -0.937. The van der Waals surface area contributed by atoms with Crippen molar-refractivity contribution in [3.05, 3.63) is 34.9 Å². The standard InChI is InChI=1S/C14H21ClN2/c15-13-8-4-3-7-12(13)14(11-16)17-9-5-1-2-6-10-17/h3-4,7-8,14H,1-2,5-6,9-11,16H2/p+2/t14-/m0/s1. The molecular weight excluding hydrogens is 232 g/mol. The summed E-state index contributed by atoms with van der Waals surface area (Å²) in [6.45, 7) is 3.47. The molecular formula is C14H23ClN2+2. The molecule has 4 N–H and O–H groups in total. The summed E-state index contributed by atoms with van der Waals surface area (Å²) in [5, 5.41) is 0.901. The molecule has 17 heavy (non-hydrogen) atoms. The lowest BCUT2D eigenvalue weighted by Gasteiger charge is -2.26. The number of quaternary nitrogens is 2. The smallest absolute Gasteiger partial charge is 0.164 e. The van der Waals surface area contributed by atoms with E-state index in [1.54, 1.807) is 4.90 Å². The molecule has 94 valence electrons. The van der Waals surface area contributed by atoms with Crippen molar-refractivity contribution in [3.8, 4) is 0 Å². The summed E-state index contributed by atoms with van der Waals surface area (Å²) in [5.74, 6) is 0. The average molecular weight is 255 g/mol. The predicted octanol–water partition coefficient (Wildman–Crippen LogP) is 1.08. The number of benzene rings is 1. The number of hydrogen-bond acceptors (Lipinski definition) is 0. The Morgan fingerprint density at radius 2 is 1.76 bits per heavy atom. The van der Waals surface area contributed by atoms with E-state index in [9.17, 15) is 0 Å². The molecule has 1 aromatic rings. The molecule has 0 amide bonds. The van der Waals surface area contributed by atoms with Crippen LogP contribution in [0.5, 0.6) is 0 Å². The molecule has 0 aliphatic carbocycles. The van der Waals surface area contributed by atoms with Crippen molar-refractivity contribution in [2.45, 2.75) is 31.7 Å². The fourth-order valence-electron chi connectivity index (χ4n) is 2.87. The highest BCUT2D eigenvalue weighted by Crippen LogP contribution is 2.20. The molecule has 1 atom stereocenters. The molecule has 1 fully saturated rings. The summed E-state index contributed by atoms with van der Waals surface area (Å²) in [7, 11) is 0. The number of likely N-dealkylation sites (tertiary alicyclic amines) is 1. The molecule has 1 aliphatic rings. The molecule has 0 bridgehead atoms. The molecule has 0 aromatic heterocycles. The Labute approximate surface area is 109 Å². The van der Waals surface area contributed by atoms with E-state index in [2.05, 4.69) is 17.9 Å². The van der Waals surface area contributed by atoms with E-state index in [1.165, 1.54) is 44.3 Å². The highest BCUT2D eigenvalue weighted by Gasteiger charge is 2.26. The van der Waals surface area contributed by atoms with E-state index in [4.69, 9.17) is 11.6 Å². The second-order valence-corrected chi connectivity index (χ2v) is 5.34. The predicted molar refractivity (Wildman–Crippen MR) is 71.1 cm³/mol. The summed E-state index contributed by atoms with van der Waals surface area (Å²) >= 11 is 6.32. The number of halogens is 1. The SMILES string of the molecule is [NH3+]C[C@@H](c1ccccc1Cl)[NH+]1CCCCCC1. The molecule has 1 aliphatic heterocycles. The van der Waals surface area contributed by atoms with Crippen LogP contribution in [0.1, 0.15) is 37.3 Å². The maximum atomic E-state index is 6.32. The van der Waals surface area contributed by atoms with Crippen molar-refractivity contribution in [1.29, 1.82) is 0 Å². The van der Waals surface area contributed by atoms with Gasteiger partial charge in [0.05, 0.1) is 13.1 Å². The van der Waals surface area contributed by atoms with Crippen molar-refractivity contribution in [2.24, 2.45) is 0 Å². The summed E-state index contributed by atoms with van der Waals surface area (Å²) < 4.78 is 0. The first-order valence-electron chi connectivity index (χ1n) is 6.71. The molecule has 3 heteroatoms. The molecule has 0 radical (unpaired) electrons. The zero-order valence-electron chi connectivity index (χ0n) is 10.4. The van der Waals surface area contributed by atoms with Crippen molar-refractivity contribution < 1.29 is 10.6 Å². The number of rotatable bonds is 3. The van der Waals surface area contributed by atoms with Gasteiger partial charge in [-0.25, -0.2) is 0 Å². The summed E-state index contributed by atoms with van der Waals surface area (Å²) in [5.41, 5.74) is 5.41. The van der Waals surface area contributed by atoms with Crippen LogP contribution >= 0.6 is 11.6 Å². The van der Waals surface area contributed by atoms with Crippen LogP contribution in [0.2, 0.25) is 5.02 Å². The molecule has 0 unspecified atom stereocenters. The fraction of sp³-hybridized carbons (Fsp3) is 0.571. The largest absolute Gasteiger partial charge is 0.352 e. The maximum absolute atomic E-state index is 6.32. The maximum Gasteiger partial charge on any atom is 0.164 e. The van der Waals surface area contributed by atoms with Crippen LogP contribution in [0.3, 0.4) is 0 Å². The van der Waals surface area contributed by atoms with Gasteiger partial charge in [-0.05, 0) is 31.7 Å². The Kier molecular flexibility index (Phi) is 4.84. The van der Waals surface area contributed by atoms with Gasteiger partial charge < -0.3 is 10.6 Å². The van der Waals surface area contributed by atoms with Gasteiger partial charge in [-0.3, -0.25) is 0 Å². The van der Waals surface area contributed by atoms with Crippen LogP contribution in [0.4, 0.5) is 0 Å². The van der Waals surface area contributed by atoms with E-state index in [-0.39, 0.29) is 0 Å². The average Bonchev–Trinajstić information content (AvgIpc) is 2.62. The van der Waals surface area contributed by atoms with E-state index in [1.807, 2.05) is 12.1 Å². The van der Waals surface area contributed by atoms with Gasteiger partial charge in [-0.2, -0.15) is 0 Å². The second kappa shape index (κ2) is 6.39. The molecule has 2 rings (SSSR count). The first-order valence-corrected chi connectivity index (χ1v) is 7.09. The minimum Gasteiger partial charge on any atom is -0.352 e. The molecule has 1 heterocycles. The van der Waals surface area contributed by atoms with Crippen LogP contribution in [0.25, 0.3) is 0 Å². The van der Waals surface area contributed by atoms with Gasteiger partial charge in [0.15, 0.2) is 6.04 Å². The van der Waals surface area contributed by atoms with Crippen molar-refractivity contribution in [1.82, 2.24) is 0 Å². The molecule has 1 aromatic carbocycles. The van der Waals surface area contributed by atoms with Crippen LogP contribution in [-0.4, -0.2) is 19.6 Å². The first-order chi connectivity index (χ1) is 8.33. The minimum atomic E-state index is 0.474. The summed E-state index contributed by atoms with van der Waals surface area (Å²) in [6.07, 6.45) is 5.46. The van der Waals surface area contributed by atoms with E-state index in [0.717, 1.165) is 11.6 Å². The lowest BCUT2D eigenvalue weighted by Crippen LogP contribution is -3.13. The topological polar surface area (TPSA) is 32.1 Å². The number of hydrogen-bond donors (Lipinski definition) is 2. The Bertz CT molecular complexity index is 346. The minimum absolute atomic E-state index is 0.474. The second-order valence-electron chi connectivity index (χ2n) is 4.94. The molecule has 2 nitrogen and oxygen atoms in total. The third kappa shape index (κ3) is 3.21. The number of nitrogens with one attached hydrogen (secondary N) is 1. The third-order valence-corrected chi connectivity index (χ3v) is 4.15. The van der Waals surface area contributed by atoms with Crippen molar-refractivity contribution in [2.75, 3.05) is 19.6 Å². The Morgan fingerprint density at radius 1 is 1.12 bits per heavy atom.